The summed E-state index contributed by atoms with van der Waals surface area (Å²) in [6.45, 7) is 2.24. The van der Waals surface area contributed by atoms with E-state index in [0.717, 1.165) is 28.4 Å². The lowest BCUT2D eigenvalue weighted by Crippen LogP contribution is -2.37. The Bertz CT molecular complexity index is 730. The molecule has 2 aromatic heterocycles. The van der Waals surface area contributed by atoms with Crippen LogP contribution < -0.4 is 4.90 Å². The molecule has 7 heteroatoms. The first-order chi connectivity index (χ1) is 11.7. The van der Waals surface area contributed by atoms with E-state index < -0.39 is 6.10 Å². The highest BCUT2D eigenvalue weighted by molar-refractivity contribution is 7.17. The van der Waals surface area contributed by atoms with Crippen molar-refractivity contribution in [2.45, 2.75) is 31.8 Å². The number of β-amino-alcohol motifs (C(OH)–C–C–N with tert-alkyl or cyclic N) is 1. The minimum atomic E-state index is -0.553. The van der Waals surface area contributed by atoms with E-state index in [1.54, 1.807) is 17.7 Å². The number of carbonyl (C=O) groups is 1. The van der Waals surface area contributed by atoms with E-state index in [9.17, 15) is 9.90 Å². The Hall–Kier alpha value is -1.73. The Balaban J connectivity index is 1.47. The van der Waals surface area contributed by atoms with Gasteiger partial charge in [0.1, 0.15) is 12.1 Å². The molecule has 1 N–H and O–H groups in total. The molecule has 0 radical (unpaired) electrons. The third-order valence-corrected chi connectivity index (χ3v) is 5.74. The summed E-state index contributed by atoms with van der Waals surface area (Å²) in [5.41, 5.74) is 0.932. The average molecular weight is 346 g/mol. The monoisotopic (exact) mass is 346 g/mol. The van der Waals surface area contributed by atoms with E-state index in [1.165, 1.54) is 12.8 Å². The second-order valence-electron chi connectivity index (χ2n) is 6.75. The van der Waals surface area contributed by atoms with E-state index in [1.807, 2.05) is 16.3 Å². The van der Waals surface area contributed by atoms with Crippen LogP contribution in [-0.2, 0) is 4.79 Å². The number of hydrogen-bond acceptors (Lipinski definition) is 6. The first-order valence-electron chi connectivity index (χ1n) is 8.59. The van der Waals surface area contributed by atoms with Gasteiger partial charge >= 0.3 is 0 Å². The maximum atomic E-state index is 12.4. The average Bonchev–Trinajstić information content (AvgIpc) is 3.32. The Labute approximate surface area is 145 Å². The fraction of sp³-hybridized carbons (Fsp3) is 0.588. The molecule has 24 heavy (non-hydrogen) atoms. The van der Waals surface area contributed by atoms with E-state index in [-0.39, 0.29) is 5.91 Å². The topological polar surface area (TPSA) is 69.6 Å². The summed E-state index contributed by atoms with van der Waals surface area (Å²) in [6.07, 6.45) is 5.17. The van der Waals surface area contributed by atoms with E-state index >= 15 is 0 Å². The summed E-state index contributed by atoms with van der Waals surface area (Å²) in [5, 5.41) is 12.4. The third kappa shape index (κ3) is 3.37. The third-order valence-electron chi connectivity index (χ3n) is 4.84. The zero-order valence-electron chi connectivity index (χ0n) is 13.6. The van der Waals surface area contributed by atoms with Crippen LogP contribution >= 0.6 is 11.3 Å². The predicted octanol–water partition coefficient (Wildman–Crippen LogP) is 1.89. The largest absolute Gasteiger partial charge is 0.389 e. The van der Waals surface area contributed by atoms with E-state index in [2.05, 4.69) is 14.9 Å². The molecule has 3 heterocycles. The standard InChI is InChI=1S/C17H22N4O2S/c22-13-9-20(15(23)4-3-12-1-2-12)6-7-21(10-13)17-16-14(5-8-24-16)18-11-19-17/h5,8,11-13,22H,1-4,6-7,9-10H2. The van der Waals surface area contributed by atoms with Gasteiger partial charge in [0.15, 0.2) is 0 Å². The highest BCUT2D eigenvalue weighted by Gasteiger charge is 2.28. The molecule has 1 aliphatic carbocycles. The van der Waals surface area contributed by atoms with Crippen LogP contribution in [0, 0.1) is 5.92 Å². The van der Waals surface area contributed by atoms with Crippen molar-refractivity contribution >= 4 is 33.3 Å². The number of aromatic nitrogens is 2. The fourth-order valence-corrected chi connectivity index (χ4v) is 4.16. The molecule has 1 aliphatic heterocycles. The molecule has 0 spiro atoms. The number of fused-ring (bicyclic) bond motifs is 1. The van der Waals surface area contributed by atoms with Gasteiger partial charge in [-0.3, -0.25) is 4.79 Å². The van der Waals surface area contributed by atoms with Crippen molar-refractivity contribution in [3.63, 3.8) is 0 Å². The smallest absolute Gasteiger partial charge is 0.222 e. The van der Waals surface area contributed by atoms with Gasteiger partial charge in [0.2, 0.25) is 5.91 Å². The molecule has 2 fully saturated rings. The highest BCUT2D eigenvalue weighted by atomic mass is 32.1. The number of aliphatic hydroxyl groups excluding tert-OH is 1. The van der Waals surface area contributed by atoms with Crippen LogP contribution in [0.4, 0.5) is 5.82 Å². The Kier molecular flexibility index (Phi) is 4.37. The van der Waals surface area contributed by atoms with Crippen molar-refractivity contribution in [3.8, 4) is 0 Å². The van der Waals surface area contributed by atoms with Crippen LogP contribution in [0.1, 0.15) is 25.7 Å². The minimum absolute atomic E-state index is 0.173. The van der Waals surface area contributed by atoms with Gasteiger partial charge in [0, 0.05) is 32.6 Å². The van der Waals surface area contributed by atoms with Gasteiger partial charge in [0.05, 0.1) is 16.3 Å². The summed E-state index contributed by atoms with van der Waals surface area (Å²) in [6, 6.07) is 1.98. The molecule has 1 amide bonds. The first kappa shape index (κ1) is 15.8. The zero-order valence-corrected chi connectivity index (χ0v) is 14.4. The maximum absolute atomic E-state index is 12.4. The van der Waals surface area contributed by atoms with Gasteiger partial charge in [0.25, 0.3) is 0 Å². The molecular weight excluding hydrogens is 324 g/mol. The molecular formula is C17H22N4O2S. The second kappa shape index (κ2) is 6.64. The van der Waals surface area contributed by atoms with Crippen LogP contribution in [0.5, 0.6) is 0 Å². The number of anilines is 1. The van der Waals surface area contributed by atoms with Crippen molar-refractivity contribution in [2.75, 3.05) is 31.1 Å². The van der Waals surface area contributed by atoms with Gasteiger partial charge in [-0.1, -0.05) is 12.8 Å². The van der Waals surface area contributed by atoms with Crippen LogP contribution in [0.25, 0.3) is 10.2 Å². The summed E-state index contributed by atoms with van der Waals surface area (Å²) in [7, 11) is 0. The van der Waals surface area contributed by atoms with Crippen LogP contribution in [0.2, 0.25) is 0 Å². The van der Waals surface area contributed by atoms with Gasteiger partial charge in [-0.25, -0.2) is 9.97 Å². The van der Waals surface area contributed by atoms with E-state index in [0.29, 0.717) is 32.6 Å². The van der Waals surface area contributed by atoms with Crippen molar-refractivity contribution in [1.29, 1.82) is 0 Å². The summed E-state index contributed by atoms with van der Waals surface area (Å²) >= 11 is 1.61. The molecule has 0 aromatic carbocycles. The number of hydrogen-bond donors (Lipinski definition) is 1. The SMILES string of the molecule is O=C(CCC1CC1)N1CCN(c2ncnc3ccsc23)CC(O)C1. The van der Waals surface area contributed by atoms with Crippen LogP contribution in [-0.4, -0.2) is 58.2 Å². The summed E-state index contributed by atoms with van der Waals surface area (Å²) in [5.74, 6) is 1.79. The van der Waals surface area contributed by atoms with Gasteiger partial charge in [-0.2, -0.15) is 0 Å². The normalized spacial score (nSPS) is 22.0. The molecule has 1 unspecified atom stereocenters. The highest BCUT2D eigenvalue weighted by Crippen LogP contribution is 2.33. The van der Waals surface area contributed by atoms with Crippen molar-refractivity contribution in [2.24, 2.45) is 5.92 Å². The summed E-state index contributed by atoms with van der Waals surface area (Å²) < 4.78 is 1.04. The Morgan fingerprint density at radius 3 is 3.00 bits per heavy atom. The van der Waals surface area contributed by atoms with Crippen molar-refractivity contribution < 1.29 is 9.90 Å². The van der Waals surface area contributed by atoms with Gasteiger partial charge < -0.3 is 14.9 Å². The zero-order chi connectivity index (χ0) is 16.5. The molecule has 6 nitrogen and oxygen atoms in total. The lowest BCUT2D eigenvalue weighted by molar-refractivity contribution is -0.132. The first-order valence-corrected chi connectivity index (χ1v) is 9.47. The van der Waals surface area contributed by atoms with Gasteiger partial charge in [-0.05, 0) is 23.8 Å². The van der Waals surface area contributed by atoms with Crippen molar-refractivity contribution in [1.82, 2.24) is 14.9 Å². The molecule has 1 saturated carbocycles. The second-order valence-corrected chi connectivity index (χ2v) is 7.67. The Morgan fingerprint density at radius 2 is 2.17 bits per heavy atom. The number of carbonyl (C=O) groups excluding carboxylic acids is 1. The quantitative estimate of drug-likeness (QED) is 0.915. The number of nitrogens with zero attached hydrogens (tertiary/aromatic N) is 4. The molecule has 0 bridgehead atoms. The maximum Gasteiger partial charge on any atom is 0.222 e. The minimum Gasteiger partial charge on any atom is -0.389 e. The predicted molar refractivity (Wildman–Crippen MR) is 94.2 cm³/mol. The molecule has 4 rings (SSSR count). The lowest BCUT2D eigenvalue weighted by atomic mass is 10.2. The van der Waals surface area contributed by atoms with E-state index in [4.69, 9.17) is 0 Å². The van der Waals surface area contributed by atoms with Gasteiger partial charge in [-0.15, -0.1) is 11.3 Å². The fourth-order valence-electron chi connectivity index (χ4n) is 3.30. The molecule has 2 aromatic rings. The lowest BCUT2D eigenvalue weighted by Gasteiger charge is -2.23. The summed E-state index contributed by atoms with van der Waals surface area (Å²) in [4.78, 5) is 25.0. The Morgan fingerprint density at radius 1 is 1.29 bits per heavy atom. The molecule has 1 saturated heterocycles. The molecule has 2 aliphatic rings. The van der Waals surface area contributed by atoms with Crippen LogP contribution in [0.3, 0.4) is 0 Å². The van der Waals surface area contributed by atoms with Crippen molar-refractivity contribution in [3.05, 3.63) is 17.8 Å². The molecule has 128 valence electrons. The number of aliphatic hydroxyl groups is 1. The number of rotatable bonds is 4. The number of thiophene rings is 1. The van der Waals surface area contributed by atoms with Crippen LogP contribution in [0.15, 0.2) is 17.8 Å². The number of amides is 1. The molecule has 1 atom stereocenters.